The molecular weight excluding hydrogens is 387 g/mol. The molecule has 1 amide bonds. The first kappa shape index (κ1) is 18.7. The van der Waals surface area contributed by atoms with Gasteiger partial charge in [-0.2, -0.15) is 13.2 Å². The maximum Gasteiger partial charge on any atom is 0.416 e. The van der Waals surface area contributed by atoms with Gasteiger partial charge in [0.15, 0.2) is 0 Å². The summed E-state index contributed by atoms with van der Waals surface area (Å²) in [6.07, 6.45) is -2.68. The number of para-hydroxylation sites is 1. The van der Waals surface area contributed by atoms with Crippen LogP contribution in [0.5, 0.6) is 0 Å². The number of amides is 1. The van der Waals surface area contributed by atoms with Crippen molar-refractivity contribution in [2.75, 3.05) is 18.4 Å². The van der Waals surface area contributed by atoms with Gasteiger partial charge < -0.3 is 10.2 Å². The highest BCUT2D eigenvalue weighted by Crippen LogP contribution is 2.36. The molecule has 28 heavy (non-hydrogen) atoms. The first-order valence-electron chi connectivity index (χ1n) is 8.98. The van der Waals surface area contributed by atoms with E-state index >= 15 is 0 Å². The fraction of sp³-hybridized carbons (Fsp3) is 0.300. The molecule has 0 spiro atoms. The molecule has 146 valence electrons. The van der Waals surface area contributed by atoms with E-state index in [2.05, 4.69) is 10.3 Å². The molecule has 8 heteroatoms. The number of hydrogen-bond donors (Lipinski definition) is 1. The van der Waals surface area contributed by atoms with Crippen LogP contribution in [0.4, 0.5) is 18.9 Å². The van der Waals surface area contributed by atoms with Crippen molar-refractivity contribution in [3.05, 3.63) is 59.1 Å². The molecule has 0 saturated carbocycles. The summed E-state index contributed by atoms with van der Waals surface area (Å²) in [5.41, 5.74) is 0.460. The van der Waals surface area contributed by atoms with Crippen molar-refractivity contribution < 1.29 is 18.0 Å². The summed E-state index contributed by atoms with van der Waals surface area (Å²) in [4.78, 5) is 19.2. The van der Waals surface area contributed by atoms with Crippen molar-refractivity contribution in [2.24, 2.45) is 0 Å². The highest BCUT2D eigenvalue weighted by Gasteiger charge is 2.32. The average molecular weight is 405 g/mol. The minimum atomic E-state index is -4.41. The van der Waals surface area contributed by atoms with E-state index in [1.165, 1.54) is 12.1 Å². The molecule has 1 atom stereocenters. The Kier molecular flexibility index (Phi) is 4.97. The standard InChI is InChI=1S/C20H18F3N3OS/c21-20(22,23)13-5-3-6-14(11-13)24-12-18(27)26-10-4-8-16(26)19-25-15-7-1-2-9-17(15)28-19/h1-3,5-7,9,11,16,24H,4,8,10,12H2/t16-/m0/s1. The number of likely N-dealkylation sites (tertiary alicyclic amines) is 1. The zero-order valence-corrected chi connectivity index (χ0v) is 15.7. The van der Waals surface area contributed by atoms with Crippen LogP contribution in [0.2, 0.25) is 0 Å². The summed E-state index contributed by atoms with van der Waals surface area (Å²) in [7, 11) is 0. The molecule has 0 aliphatic carbocycles. The zero-order chi connectivity index (χ0) is 19.7. The predicted molar refractivity (Wildman–Crippen MR) is 103 cm³/mol. The molecule has 0 bridgehead atoms. The Hall–Kier alpha value is -2.61. The number of hydrogen-bond acceptors (Lipinski definition) is 4. The van der Waals surface area contributed by atoms with Crippen LogP contribution < -0.4 is 5.32 Å². The normalized spacial score (nSPS) is 17.2. The lowest BCUT2D eigenvalue weighted by Crippen LogP contribution is -2.35. The highest BCUT2D eigenvalue weighted by molar-refractivity contribution is 7.18. The van der Waals surface area contributed by atoms with Gasteiger partial charge in [0.1, 0.15) is 5.01 Å². The lowest BCUT2D eigenvalue weighted by molar-refractivity contribution is -0.137. The molecule has 1 aliphatic rings. The van der Waals surface area contributed by atoms with E-state index in [1.807, 2.05) is 24.3 Å². The molecule has 2 heterocycles. The van der Waals surface area contributed by atoms with Crippen LogP contribution in [0, 0.1) is 0 Å². The number of alkyl halides is 3. The van der Waals surface area contributed by atoms with Crippen molar-refractivity contribution >= 4 is 33.1 Å². The monoisotopic (exact) mass is 405 g/mol. The zero-order valence-electron chi connectivity index (χ0n) is 14.9. The van der Waals surface area contributed by atoms with Crippen molar-refractivity contribution in [1.82, 2.24) is 9.88 Å². The minimum absolute atomic E-state index is 0.0529. The van der Waals surface area contributed by atoms with E-state index in [0.717, 1.165) is 40.2 Å². The molecule has 1 saturated heterocycles. The molecule has 1 N–H and O–H groups in total. The van der Waals surface area contributed by atoms with Gasteiger partial charge >= 0.3 is 6.18 Å². The quantitative estimate of drug-likeness (QED) is 0.658. The summed E-state index contributed by atoms with van der Waals surface area (Å²) in [6.45, 7) is 0.576. The Morgan fingerprint density at radius 1 is 1.21 bits per heavy atom. The van der Waals surface area contributed by atoms with E-state index < -0.39 is 11.7 Å². The van der Waals surface area contributed by atoms with Crippen molar-refractivity contribution in [1.29, 1.82) is 0 Å². The van der Waals surface area contributed by atoms with Gasteiger partial charge in [0.2, 0.25) is 5.91 Å². The van der Waals surface area contributed by atoms with Crippen LogP contribution in [-0.2, 0) is 11.0 Å². The van der Waals surface area contributed by atoms with E-state index in [1.54, 1.807) is 16.2 Å². The molecule has 2 aromatic carbocycles. The van der Waals surface area contributed by atoms with Gasteiger partial charge in [-0.05, 0) is 43.2 Å². The van der Waals surface area contributed by atoms with E-state index in [0.29, 0.717) is 6.54 Å². The number of nitrogens with zero attached hydrogens (tertiary/aromatic N) is 2. The Balaban J connectivity index is 1.45. The molecular formula is C20H18F3N3OS. The second-order valence-corrected chi connectivity index (χ2v) is 7.76. The van der Waals surface area contributed by atoms with Gasteiger partial charge in [0, 0.05) is 12.2 Å². The van der Waals surface area contributed by atoms with Gasteiger partial charge in [-0.3, -0.25) is 4.79 Å². The largest absolute Gasteiger partial charge is 0.416 e. The van der Waals surface area contributed by atoms with Crippen molar-refractivity contribution in [3.8, 4) is 0 Å². The fourth-order valence-electron chi connectivity index (χ4n) is 3.44. The Morgan fingerprint density at radius 3 is 2.82 bits per heavy atom. The van der Waals surface area contributed by atoms with E-state index in [-0.39, 0.29) is 24.2 Å². The summed E-state index contributed by atoms with van der Waals surface area (Å²) in [6, 6.07) is 12.7. The van der Waals surface area contributed by atoms with Crippen LogP contribution in [0.3, 0.4) is 0 Å². The number of aromatic nitrogens is 1. The molecule has 1 fully saturated rings. The Labute approximate surface area is 164 Å². The summed E-state index contributed by atoms with van der Waals surface area (Å²) in [5, 5.41) is 3.73. The molecule has 0 radical (unpaired) electrons. The number of fused-ring (bicyclic) bond motifs is 1. The predicted octanol–water partition coefficient (Wildman–Crippen LogP) is 5.09. The van der Waals surface area contributed by atoms with Crippen LogP contribution in [0.25, 0.3) is 10.2 Å². The maximum atomic E-state index is 12.8. The second-order valence-electron chi connectivity index (χ2n) is 6.70. The van der Waals surface area contributed by atoms with Gasteiger partial charge in [-0.25, -0.2) is 4.98 Å². The SMILES string of the molecule is O=C(CNc1cccc(C(F)(F)F)c1)N1CCC[C@H]1c1nc2ccccc2s1. The number of nitrogens with one attached hydrogen (secondary N) is 1. The Bertz CT molecular complexity index is 969. The van der Waals surface area contributed by atoms with Gasteiger partial charge in [-0.1, -0.05) is 18.2 Å². The molecule has 1 aliphatic heterocycles. The summed E-state index contributed by atoms with van der Waals surface area (Å²) < 4.78 is 39.6. The molecule has 0 unspecified atom stereocenters. The number of carbonyl (C=O) groups is 1. The van der Waals surface area contributed by atoms with Gasteiger partial charge in [-0.15, -0.1) is 11.3 Å². The third-order valence-corrected chi connectivity index (χ3v) is 5.94. The number of halogens is 3. The van der Waals surface area contributed by atoms with Crippen LogP contribution in [0.1, 0.15) is 29.5 Å². The molecule has 4 rings (SSSR count). The molecule has 1 aromatic heterocycles. The fourth-order valence-corrected chi connectivity index (χ4v) is 4.55. The number of carbonyl (C=O) groups excluding carboxylic acids is 1. The minimum Gasteiger partial charge on any atom is -0.376 e. The first-order chi connectivity index (χ1) is 13.4. The third kappa shape index (κ3) is 3.82. The van der Waals surface area contributed by atoms with Crippen LogP contribution in [0.15, 0.2) is 48.5 Å². The number of anilines is 1. The summed E-state index contributed by atoms with van der Waals surface area (Å²) >= 11 is 1.58. The highest BCUT2D eigenvalue weighted by atomic mass is 32.1. The molecule has 4 nitrogen and oxygen atoms in total. The van der Waals surface area contributed by atoms with Gasteiger partial charge in [0.05, 0.1) is 28.4 Å². The maximum absolute atomic E-state index is 12.8. The molecule has 3 aromatic rings. The van der Waals surface area contributed by atoms with Gasteiger partial charge in [0.25, 0.3) is 0 Å². The van der Waals surface area contributed by atoms with Crippen LogP contribution in [-0.4, -0.2) is 28.9 Å². The smallest absolute Gasteiger partial charge is 0.376 e. The number of benzene rings is 2. The van der Waals surface area contributed by atoms with Crippen molar-refractivity contribution in [3.63, 3.8) is 0 Å². The topological polar surface area (TPSA) is 45.2 Å². The first-order valence-corrected chi connectivity index (χ1v) is 9.79. The van der Waals surface area contributed by atoms with Crippen molar-refractivity contribution in [2.45, 2.75) is 25.1 Å². The number of rotatable bonds is 4. The second kappa shape index (κ2) is 7.43. The average Bonchev–Trinajstić information content (AvgIpc) is 3.32. The number of thiazole rings is 1. The lowest BCUT2D eigenvalue weighted by atomic mass is 10.2. The third-order valence-electron chi connectivity index (χ3n) is 4.80. The van der Waals surface area contributed by atoms with Crippen LogP contribution >= 0.6 is 11.3 Å². The Morgan fingerprint density at radius 2 is 2.04 bits per heavy atom. The summed E-state index contributed by atoms with van der Waals surface area (Å²) in [5.74, 6) is -0.140. The van der Waals surface area contributed by atoms with E-state index in [4.69, 9.17) is 0 Å². The lowest BCUT2D eigenvalue weighted by Gasteiger charge is -2.23. The van der Waals surface area contributed by atoms with E-state index in [9.17, 15) is 18.0 Å².